The van der Waals surface area contributed by atoms with Crippen LogP contribution in [0.4, 0.5) is 17.2 Å². The molecule has 0 fully saturated rings. The largest absolute Gasteiger partial charge is 0.369 e. The van der Waals surface area contributed by atoms with Gasteiger partial charge in [0, 0.05) is 30.3 Å². The van der Waals surface area contributed by atoms with Crippen LogP contribution in [0.2, 0.25) is 0 Å². The van der Waals surface area contributed by atoms with E-state index >= 15 is 0 Å². The molecule has 0 aliphatic carbocycles. The first kappa shape index (κ1) is 24.8. The maximum atomic E-state index is 11.6. The van der Waals surface area contributed by atoms with Gasteiger partial charge in [0.1, 0.15) is 11.5 Å². The lowest BCUT2D eigenvalue weighted by molar-refractivity contribution is -0.384. The maximum Gasteiger partial charge on any atom is 0.278 e. The van der Waals surface area contributed by atoms with Crippen LogP contribution in [-0.4, -0.2) is 26.6 Å². The number of anilines is 1. The molecule has 2 aromatic carbocycles. The van der Waals surface area contributed by atoms with Crippen molar-refractivity contribution in [3.8, 4) is 22.4 Å². The Morgan fingerprint density at radius 2 is 1.53 bits per heavy atom. The second-order valence-corrected chi connectivity index (χ2v) is 8.12. The summed E-state index contributed by atoms with van der Waals surface area (Å²) in [5.74, 6) is 0.523. The Labute approximate surface area is 198 Å². The molecule has 9 nitrogen and oxygen atoms in total. The summed E-state index contributed by atoms with van der Waals surface area (Å²) in [4.78, 5) is 22.0. The fraction of sp³-hybridized carbons (Fsp3) is 0.360. The van der Waals surface area contributed by atoms with Crippen LogP contribution < -0.4 is 5.32 Å². The number of aromatic nitrogens is 2. The molecule has 0 atom stereocenters. The number of nitrogens with one attached hydrogen (secondary N) is 1. The molecule has 0 radical (unpaired) electrons. The average molecular weight is 464 g/mol. The number of benzene rings is 2. The number of hydrogen-bond donors (Lipinski definition) is 1. The highest BCUT2D eigenvalue weighted by Crippen LogP contribution is 2.37. The van der Waals surface area contributed by atoms with Crippen LogP contribution in [0, 0.1) is 20.2 Å². The molecule has 0 aliphatic heterocycles. The third kappa shape index (κ3) is 6.57. The molecule has 0 bridgehead atoms. The number of rotatable bonds is 13. The lowest BCUT2D eigenvalue weighted by Gasteiger charge is -2.12. The van der Waals surface area contributed by atoms with E-state index in [0.717, 1.165) is 19.4 Å². The number of para-hydroxylation sites is 1. The molecule has 3 aromatic rings. The fourth-order valence-corrected chi connectivity index (χ4v) is 3.82. The smallest absolute Gasteiger partial charge is 0.278 e. The Bertz CT molecular complexity index is 1140. The molecule has 0 unspecified atom stereocenters. The van der Waals surface area contributed by atoms with Crippen LogP contribution in [0.25, 0.3) is 22.4 Å². The Morgan fingerprint density at radius 3 is 2.26 bits per heavy atom. The monoisotopic (exact) mass is 463 g/mol. The van der Waals surface area contributed by atoms with Gasteiger partial charge in [0.05, 0.1) is 15.4 Å². The summed E-state index contributed by atoms with van der Waals surface area (Å²) in [6.07, 6.45) is 8.34. The van der Waals surface area contributed by atoms with E-state index in [0.29, 0.717) is 28.2 Å². The highest BCUT2D eigenvalue weighted by molar-refractivity contribution is 5.86. The van der Waals surface area contributed by atoms with Crippen LogP contribution in [0.3, 0.4) is 0 Å². The first-order valence-corrected chi connectivity index (χ1v) is 11.6. The molecule has 0 saturated heterocycles. The summed E-state index contributed by atoms with van der Waals surface area (Å²) in [6.45, 7) is 2.93. The second-order valence-electron chi connectivity index (χ2n) is 8.12. The van der Waals surface area contributed by atoms with Crippen LogP contribution in [0.1, 0.15) is 51.9 Å². The number of nitro benzene ring substituents is 2. The summed E-state index contributed by atoms with van der Waals surface area (Å²) in [6, 6.07) is 14.2. The molecule has 3 rings (SSSR count). The standard InChI is InChI=1S/C25H29N5O4/c1-2-3-4-5-6-7-10-16-26-24-18-22(19-12-11-13-20(17-19)29(31)32)25(28-27-24)21-14-8-9-15-23(21)30(33)34/h8-9,11-15,17-18H,2-7,10,16H2,1H3,(H,26,27). The highest BCUT2D eigenvalue weighted by Gasteiger charge is 2.21. The van der Waals surface area contributed by atoms with Crippen LogP contribution >= 0.6 is 0 Å². The highest BCUT2D eigenvalue weighted by atomic mass is 16.6. The van der Waals surface area contributed by atoms with Gasteiger partial charge in [0.15, 0.2) is 0 Å². The normalized spacial score (nSPS) is 10.7. The molecule has 34 heavy (non-hydrogen) atoms. The van der Waals surface area contributed by atoms with Gasteiger partial charge in [0.2, 0.25) is 0 Å². The first-order valence-electron chi connectivity index (χ1n) is 11.6. The van der Waals surface area contributed by atoms with Gasteiger partial charge in [-0.05, 0) is 24.1 Å². The SMILES string of the molecule is CCCCCCCCCNc1cc(-c2cccc([N+](=O)[O-])c2)c(-c2ccccc2[N+](=O)[O-])nn1. The van der Waals surface area contributed by atoms with Crippen molar-refractivity contribution in [3.63, 3.8) is 0 Å². The minimum absolute atomic E-state index is 0.0691. The Morgan fingerprint density at radius 1 is 0.794 bits per heavy atom. The summed E-state index contributed by atoms with van der Waals surface area (Å²) in [5, 5.41) is 34.7. The van der Waals surface area contributed by atoms with E-state index in [1.54, 1.807) is 36.4 Å². The van der Waals surface area contributed by atoms with Crippen molar-refractivity contribution in [3.05, 3.63) is 74.8 Å². The maximum absolute atomic E-state index is 11.6. The summed E-state index contributed by atoms with van der Waals surface area (Å²) in [5.41, 5.74) is 1.51. The number of non-ortho nitro benzene ring substituents is 1. The van der Waals surface area contributed by atoms with Gasteiger partial charge in [-0.2, -0.15) is 0 Å². The number of hydrogen-bond acceptors (Lipinski definition) is 7. The van der Waals surface area contributed by atoms with Crippen molar-refractivity contribution >= 4 is 17.2 Å². The molecule has 0 amide bonds. The molecule has 1 aromatic heterocycles. The lowest BCUT2D eigenvalue weighted by atomic mass is 9.98. The third-order valence-corrected chi connectivity index (χ3v) is 5.60. The minimum atomic E-state index is -0.471. The number of unbranched alkanes of at least 4 members (excludes halogenated alkanes) is 6. The van der Waals surface area contributed by atoms with E-state index in [9.17, 15) is 20.2 Å². The fourth-order valence-electron chi connectivity index (χ4n) is 3.82. The van der Waals surface area contributed by atoms with Gasteiger partial charge < -0.3 is 5.32 Å². The molecular weight excluding hydrogens is 434 g/mol. The van der Waals surface area contributed by atoms with Crippen molar-refractivity contribution in [2.75, 3.05) is 11.9 Å². The van der Waals surface area contributed by atoms with Crippen LogP contribution in [0.15, 0.2) is 54.6 Å². The molecule has 178 valence electrons. The molecule has 1 heterocycles. The van der Waals surface area contributed by atoms with Gasteiger partial charge >= 0.3 is 0 Å². The van der Waals surface area contributed by atoms with E-state index in [-0.39, 0.29) is 11.4 Å². The number of nitrogens with zero attached hydrogens (tertiary/aromatic N) is 4. The van der Waals surface area contributed by atoms with Crippen molar-refractivity contribution in [1.82, 2.24) is 10.2 Å². The molecular formula is C25H29N5O4. The summed E-state index contributed by atoms with van der Waals surface area (Å²) >= 11 is 0. The van der Waals surface area contributed by atoms with E-state index in [4.69, 9.17) is 0 Å². The topological polar surface area (TPSA) is 124 Å². The summed E-state index contributed by atoms with van der Waals surface area (Å²) < 4.78 is 0. The van der Waals surface area contributed by atoms with E-state index < -0.39 is 9.85 Å². The zero-order valence-electron chi connectivity index (χ0n) is 19.3. The first-order chi connectivity index (χ1) is 16.5. The van der Waals surface area contributed by atoms with E-state index in [2.05, 4.69) is 22.4 Å². The Balaban J connectivity index is 1.87. The van der Waals surface area contributed by atoms with Crippen molar-refractivity contribution < 1.29 is 9.85 Å². The van der Waals surface area contributed by atoms with Gasteiger partial charge in [-0.25, -0.2) is 0 Å². The molecule has 9 heteroatoms. The van der Waals surface area contributed by atoms with Crippen LogP contribution in [-0.2, 0) is 0 Å². The predicted molar refractivity (Wildman–Crippen MR) is 133 cm³/mol. The van der Waals surface area contributed by atoms with Crippen molar-refractivity contribution in [1.29, 1.82) is 0 Å². The van der Waals surface area contributed by atoms with Gasteiger partial charge in [-0.1, -0.05) is 69.7 Å². The minimum Gasteiger partial charge on any atom is -0.369 e. The molecule has 0 spiro atoms. The van der Waals surface area contributed by atoms with Crippen molar-refractivity contribution in [2.45, 2.75) is 51.9 Å². The third-order valence-electron chi connectivity index (χ3n) is 5.60. The predicted octanol–water partition coefficient (Wildman–Crippen LogP) is 6.79. The average Bonchev–Trinajstić information content (AvgIpc) is 2.85. The zero-order chi connectivity index (χ0) is 24.3. The van der Waals surface area contributed by atoms with Crippen molar-refractivity contribution in [2.24, 2.45) is 0 Å². The van der Waals surface area contributed by atoms with Gasteiger partial charge in [-0.15, -0.1) is 10.2 Å². The summed E-state index contributed by atoms with van der Waals surface area (Å²) in [7, 11) is 0. The van der Waals surface area contributed by atoms with E-state index in [1.165, 1.54) is 50.3 Å². The molecule has 0 aliphatic rings. The second kappa shape index (κ2) is 12.4. The molecule has 0 saturated carbocycles. The Hall–Kier alpha value is -3.88. The Kier molecular flexibility index (Phi) is 9.02. The molecule has 1 N–H and O–H groups in total. The lowest BCUT2D eigenvalue weighted by Crippen LogP contribution is -2.06. The number of nitro groups is 2. The van der Waals surface area contributed by atoms with Gasteiger partial charge in [0.25, 0.3) is 11.4 Å². The van der Waals surface area contributed by atoms with Crippen LogP contribution in [0.5, 0.6) is 0 Å². The van der Waals surface area contributed by atoms with E-state index in [1.807, 2.05) is 0 Å². The zero-order valence-corrected chi connectivity index (χ0v) is 19.3. The quantitative estimate of drug-likeness (QED) is 0.168. The van der Waals surface area contributed by atoms with Gasteiger partial charge in [-0.3, -0.25) is 20.2 Å².